The molecule has 2 aromatic heterocycles. The molecule has 4 heteroatoms. The third-order valence-electron chi connectivity index (χ3n) is 12.9. The maximum Gasteiger partial charge on any atom is 0.145 e. The first-order chi connectivity index (χ1) is 31.7. The van der Waals surface area contributed by atoms with Crippen LogP contribution in [0.2, 0.25) is 0 Å². The predicted octanol–water partition coefficient (Wildman–Crippen LogP) is 15.6. The van der Waals surface area contributed by atoms with Crippen molar-refractivity contribution < 1.29 is 0 Å². The van der Waals surface area contributed by atoms with Gasteiger partial charge in [-0.2, -0.15) is 0 Å². The Morgan fingerprint density at radius 1 is 0.344 bits per heavy atom. The van der Waals surface area contributed by atoms with Crippen LogP contribution in [0.3, 0.4) is 0 Å². The van der Waals surface area contributed by atoms with Crippen molar-refractivity contribution in [2.45, 2.75) is 12.1 Å². The second kappa shape index (κ2) is 15.5. The molecule has 9 aromatic carbocycles. The highest BCUT2D eigenvalue weighted by Gasteiger charge is 2.44. The number of para-hydroxylation sites is 6. The number of hydrogen-bond acceptors (Lipinski definition) is 2. The highest BCUT2D eigenvalue weighted by molar-refractivity contribution is 6.12. The van der Waals surface area contributed by atoms with E-state index in [9.17, 15) is 0 Å². The lowest BCUT2D eigenvalue weighted by molar-refractivity contribution is 0.526. The van der Waals surface area contributed by atoms with Gasteiger partial charge in [0.05, 0.1) is 22.1 Å². The van der Waals surface area contributed by atoms with Gasteiger partial charge in [-0.25, -0.2) is 0 Å². The quantitative estimate of drug-likeness (QED) is 0.135. The Kier molecular flexibility index (Phi) is 9.08. The Balaban J connectivity index is 1.17. The summed E-state index contributed by atoms with van der Waals surface area (Å²) in [6.07, 6.45) is 7.90. The van der Waals surface area contributed by atoms with Gasteiger partial charge in [0.15, 0.2) is 0 Å². The molecule has 1 unspecified atom stereocenters. The summed E-state index contributed by atoms with van der Waals surface area (Å²) in [7, 11) is 0. The number of rotatable bonds is 9. The minimum atomic E-state index is -0.766. The third kappa shape index (κ3) is 6.14. The van der Waals surface area contributed by atoms with Gasteiger partial charge in [0, 0.05) is 62.1 Å². The molecule has 12 rings (SSSR count). The Morgan fingerprint density at radius 3 is 1.19 bits per heavy atom. The largest absolute Gasteiger partial charge is 0.314 e. The zero-order valence-corrected chi connectivity index (χ0v) is 35.2. The summed E-state index contributed by atoms with van der Waals surface area (Å²) in [5.74, 6) is 0. The fraction of sp³-hybridized carbons (Fsp3) is 0.0333. The maximum absolute atomic E-state index is 2.60. The number of anilines is 4. The van der Waals surface area contributed by atoms with Crippen molar-refractivity contribution in [1.29, 1.82) is 0 Å². The van der Waals surface area contributed by atoms with Crippen molar-refractivity contribution in [3.63, 3.8) is 0 Å². The average Bonchev–Trinajstić information content (AvgIpc) is 3.88. The van der Waals surface area contributed by atoms with Crippen LogP contribution in [0.15, 0.2) is 255 Å². The van der Waals surface area contributed by atoms with Crippen molar-refractivity contribution >= 4 is 71.9 Å². The zero-order valence-electron chi connectivity index (χ0n) is 35.2. The molecule has 0 fully saturated rings. The molecular weight excluding hydrogens is 777 g/mol. The van der Waals surface area contributed by atoms with Crippen LogP contribution in [0.25, 0.3) is 60.6 Å². The molecule has 0 saturated carbocycles. The Bertz CT molecular complexity index is 3320. The fourth-order valence-electron chi connectivity index (χ4n) is 10.2. The molecule has 1 aliphatic carbocycles. The molecule has 1 atom stereocenters. The first-order valence-electron chi connectivity index (χ1n) is 22.1. The summed E-state index contributed by atoms with van der Waals surface area (Å²) in [4.78, 5) is 5.14. The van der Waals surface area contributed by atoms with Gasteiger partial charge in [0.25, 0.3) is 0 Å². The van der Waals surface area contributed by atoms with Gasteiger partial charge >= 0.3 is 0 Å². The van der Waals surface area contributed by atoms with Gasteiger partial charge in [-0.3, -0.25) is 0 Å². The van der Waals surface area contributed by atoms with Gasteiger partial charge in [-0.1, -0.05) is 152 Å². The van der Waals surface area contributed by atoms with E-state index in [-0.39, 0.29) is 0 Å². The third-order valence-corrected chi connectivity index (χ3v) is 12.9. The van der Waals surface area contributed by atoms with Crippen LogP contribution in [0.5, 0.6) is 0 Å². The van der Waals surface area contributed by atoms with E-state index in [1.165, 1.54) is 54.7 Å². The van der Waals surface area contributed by atoms with E-state index in [0.29, 0.717) is 6.42 Å². The molecule has 0 aliphatic heterocycles. The van der Waals surface area contributed by atoms with E-state index in [2.05, 4.69) is 274 Å². The van der Waals surface area contributed by atoms with Crippen molar-refractivity contribution in [1.82, 2.24) is 9.13 Å². The molecule has 0 spiro atoms. The molecule has 0 bridgehead atoms. The molecule has 1 aliphatic rings. The van der Waals surface area contributed by atoms with Crippen LogP contribution < -0.4 is 9.80 Å². The van der Waals surface area contributed by atoms with Gasteiger partial charge in [0.2, 0.25) is 0 Å². The minimum absolute atomic E-state index is 0.686. The van der Waals surface area contributed by atoms with Crippen molar-refractivity contribution in [3.8, 4) is 11.4 Å². The molecular formula is C60H44N4. The van der Waals surface area contributed by atoms with Crippen LogP contribution in [0.4, 0.5) is 22.7 Å². The van der Waals surface area contributed by atoms with E-state index in [1.807, 2.05) is 0 Å². The SMILES string of the molecule is C1=CC(N(c2ccccc2)c2ccccc2)(N(c2ccc3c(c2)c2ccccc2n3-c2ccccc2)c2ccc3c(c2)c2ccccc2n3-c2ccccc2)CC=C1c1ccccc1. The van der Waals surface area contributed by atoms with E-state index in [0.717, 1.165) is 34.1 Å². The van der Waals surface area contributed by atoms with E-state index in [1.54, 1.807) is 0 Å². The number of benzene rings is 9. The number of fused-ring (bicyclic) bond motifs is 6. The Hall–Kier alpha value is -8.34. The summed E-state index contributed by atoms with van der Waals surface area (Å²) in [5, 5.41) is 4.83. The Morgan fingerprint density at radius 2 is 0.734 bits per heavy atom. The van der Waals surface area contributed by atoms with Crippen LogP contribution in [0.1, 0.15) is 12.0 Å². The lowest BCUT2D eigenvalue weighted by atomic mass is 9.88. The molecule has 4 nitrogen and oxygen atoms in total. The zero-order chi connectivity index (χ0) is 42.5. The first-order valence-corrected chi connectivity index (χ1v) is 22.1. The second-order valence-electron chi connectivity index (χ2n) is 16.6. The summed E-state index contributed by atoms with van der Waals surface area (Å²) in [6, 6.07) is 85.7. The lowest BCUT2D eigenvalue weighted by Crippen LogP contribution is -2.57. The maximum atomic E-state index is 2.60. The van der Waals surface area contributed by atoms with Crippen LogP contribution in [-0.2, 0) is 0 Å². The van der Waals surface area contributed by atoms with Gasteiger partial charge < -0.3 is 18.9 Å². The lowest BCUT2D eigenvalue weighted by Gasteiger charge is -2.52. The van der Waals surface area contributed by atoms with E-state index < -0.39 is 5.66 Å². The minimum Gasteiger partial charge on any atom is -0.314 e. The second-order valence-corrected chi connectivity index (χ2v) is 16.6. The predicted molar refractivity (Wildman–Crippen MR) is 270 cm³/mol. The van der Waals surface area contributed by atoms with E-state index >= 15 is 0 Å². The van der Waals surface area contributed by atoms with Crippen LogP contribution >= 0.6 is 0 Å². The van der Waals surface area contributed by atoms with Crippen LogP contribution in [0, 0.1) is 0 Å². The van der Waals surface area contributed by atoms with Crippen LogP contribution in [-0.4, -0.2) is 14.8 Å². The molecule has 2 heterocycles. The number of hydrogen-bond donors (Lipinski definition) is 0. The molecule has 304 valence electrons. The molecule has 0 amide bonds. The molecule has 64 heavy (non-hydrogen) atoms. The average molecular weight is 821 g/mol. The molecule has 11 aromatic rings. The van der Waals surface area contributed by atoms with Gasteiger partial charge in [0.1, 0.15) is 5.66 Å². The monoisotopic (exact) mass is 820 g/mol. The fourth-order valence-corrected chi connectivity index (χ4v) is 10.2. The summed E-state index contributed by atoms with van der Waals surface area (Å²) in [6.45, 7) is 0. The Labute approximate surface area is 373 Å². The van der Waals surface area contributed by atoms with Crippen molar-refractivity contribution in [2.75, 3.05) is 9.80 Å². The van der Waals surface area contributed by atoms with E-state index in [4.69, 9.17) is 0 Å². The normalized spacial score (nSPS) is 14.9. The standard InChI is InChI=1S/C60H44N4/c1-6-20-44(21-7-1)45-38-40-60(41-39-45,63(48-26-12-4-13-27-48)49-28-14-5-15-29-49)64(50-34-36-58-54(42-50)52-30-16-18-32-56(52)61(58)46-22-8-2-9-23-46)51-35-37-59-55(43-51)53-31-17-19-33-57(53)62(59)47-24-10-3-11-25-47/h1-40,42-43H,41H2. The highest BCUT2D eigenvalue weighted by Crippen LogP contribution is 2.49. The van der Waals surface area contributed by atoms with Crippen molar-refractivity contribution in [2.24, 2.45) is 0 Å². The summed E-state index contributed by atoms with van der Waals surface area (Å²) in [5.41, 5.74) is 13.0. The van der Waals surface area contributed by atoms with Gasteiger partial charge in [-0.15, -0.1) is 0 Å². The van der Waals surface area contributed by atoms with Gasteiger partial charge in [-0.05, 0) is 114 Å². The molecule has 0 N–H and O–H groups in total. The summed E-state index contributed by atoms with van der Waals surface area (Å²) < 4.78 is 4.79. The molecule has 0 saturated heterocycles. The smallest absolute Gasteiger partial charge is 0.145 e. The first kappa shape index (κ1) is 37.4. The number of nitrogens with zero attached hydrogens (tertiary/aromatic N) is 4. The number of aromatic nitrogens is 2. The highest BCUT2D eigenvalue weighted by atomic mass is 15.4. The topological polar surface area (TPSA) is 16.3 Å². The van der Waals surface area contributed by atoms with Crippen molar-refractivity contribution in [3.05, 3.63) is 260 Å². The number of allylic oxidation sites excluding steroid dienone is 2. The summed E-state index contributed by atoms with van der Waals surface area (Å²) >= 11 is 0. The molecule has 0 radical (unpaired) electrons.